The second-order valence-electron chi connectivity index (χ2n) is 4.01. The molecule has 0 atom stereocenters. The van der Waals surface area contributed by atoms with Crippen LogP contribution >= 0.6 is 0 Å². The van der Waals surface area contributed by atoms with Crippen LogP contribution in [0.3, 0.4) is 0 Å². The Labute approximate surface area is 96.7 Å². The first-order valence-corrected chi connectivity index (χ1v) is 5.11. The normalized spacial score (nSPS) is 11.1. The molecular formula is C12H12F2N2O. The van der Waals surface area contributed by atoms with Crippen LogP contribution in [0.5, 0.6) is 0 Å². The van der Waals surface area contributed by atoms with Gasteiger partial charge in [0.2, 0.25) is 0 Å². The largest absolute Gasteiger partial charge is 0.378 e. The molecule has 0 amide bonds. The van der Waals surface area contributed by atoms with Crippen molar-refractivity contribution in [2.24, 2.45) is 0 Å². The number of pyridine rings is 1. The number of alkyl halides is 2. The van der Waals surface area contributed by atoms with Gasteiger partial charge in [0.15, 0.2) is 5.43 Å². The summed E-state index contributed by atoms with van der Waals surface area (Å²) in [5.74, 6) is 0. The number of halogens is 2. The lowest BCUT2D eigenvalue weighted by molar-refractivity contribution is 0.146. The predicted molar refractivity (Wildman–Crippen MR) is 63.9 cm³/mol. The lowest BCUT2D eigenvalue weighted by Crippen LogP contribution is -2.10. The van der Waals surface area contributed by atoms with E-state index in [1.54, 1.807) is 18.2 Å². The minimum atomic E-state index is -2.67. The molecule has 0 aliphatic carbocycles. The van der Waals surface area contributed by atoms with Gasteiger partial charge in [-0.05, 0) is 18.2 Å². The lowest BCUT2D eigenvalue weighted by Gasteiger charge is -2.13. The van der Waals surface area contributed by atoms with E-state index in [0.29, 0.717) is 10.9 Å². The molecule has 5 heteroatoms. The standard InChI is InChI=1S/C12H12F2N2O/c1-16(2)7-3-4-9-8(5-7)11(17)6-10(15-9)12(13)14/h3-6,12H,1-2H3,(H,15,17). The first kappa shape index (κ1) is 11.6. The van der Waals surface area contributed by atoms with Crippen LogP contribution in [0.2, 0.25) is 0 Å². The van der Waals surface area contributed by atoms with E-state index < -0.39 is 11.9 Å². The van der Waals surface area contributed by atoms with E-state index in [9.17, 15) is 13.6 Å². The van der Waals surface area contributed by atoms with E-state index in [-0.39, 0.29) is 5.69 Å². The highest BCUT2D eigenvalue weighted by Crippen LogP contribution is 2.20. The SMILES string of the molecule is CN(C)c1ccc2[nH]c(C(F)F)cc(=O)c2c1. The van der Waals surface area contributed by atoms with Crippen molar-refractivity contribution in [2.45, 2.75) is 6.43 Å². The van der Waals surface area contributed by atoms with E-state index >= 15 is 0 Å². The molecule has 1 N–H and O–H groups in total. The van der Waals surface area contributed by atoms with Crippen molar-refractivity contribution in [3.05, 3.63) is 40.2 Å². The van der Waals surface area contributed by atoms with Gasteiger partial charge in [0, 0.05) is 36.8 Å². The molecule has 3 nitrogen and oxygen atoms in total. The molecule has 1 aromatic carbocycles. The summed E-state index contributed by atoms with van der Waals surface area (Å²) < 4.78 is 25.0. The van der Waals surface area contributed by atoms with Crippen LogP contribution < -0.4 is 10.3 Å². The summed E-state index contributed by atoms with van der Waals surface area (Å²) in [4.78, 5) is 16.1. The molecule has 0 bridgehead atoms. The monoisotopic (exact) mass is 238 g/mol. The first-order chi connectivity index (χ1) is 7.99. The fourth-order valence-corrected chi connectivity index (χ4v) is 1.65. The third-order valence-electron chi connectivity index (χ3n) is 2.59. The fourth-order valence-electron chi connectivity index (χ4n) is 1.65. The van der Waals surface area contributed by atoms with Gasteiger partial charge in [-0.2, -0.15) is 0 Å². The summed E-state index contributed by atoms with van der Waals surface area (Å²) in [5.41, 5.74) is 0.545. The number of hydrogen-bond acceptors (Lipinski definition) is 2. The third-order valence-corrected chi connectivity index (χ3v) is 2.59. The molecule has 0 spiro atoms. The van der Waals surface area contributed by atoms with Gasteiger partial charge in [0.25, 0.3) is 6.43 Å². The Balaban J connectivity index is 2.69. The second-order valence-corrected chi connectivity index (χ2v) is 4.01. The van der Waals surface area contributed by atoms with Gasteiger partial charge in [-0.1, -0.05) is 0 Å². The number of fused-ring (bicyclic) bond motifs is 1. The average molecular weight is 238 g/mol. The number of aromatic nitrogens is 1. The number of nitrogens with one attached hydrogen (secondary N) is 1. The molecule has 0 unspecified atom stereocenters. The number of nitrogens with zero attached hydrogens (tertiary/aromatic N) is 1. The van der Waals surface area contributed by atoms with Gasteiger partial charge in [0.1, 0.15) is 0 Å². The molecule has 1 aromatic heterocycles. The molecule has 90 valence electrons. The van der Waals surface area contributed by atoms with Gasteiger partial charge < -0.3 is 9.88 Å². The van der Waals surface area contributed by atoms with Crippen molar-refractivity contribution < 1.29 is 8.78 Å². The third kappa shape index (κ3) is 2.13. The maximum Gasteiger partial charge on any atom is 0.278 e. The zero-order valence-electron chi connectivity index (χ0n) is 9.50. The highest BCUT2D eigenvalue weighted by Gasteiger charge is 2.11. The summed E-state index contributed by atoms with van der Waals surface area (Å²) in [6, 6.07) is 6.04. The fraction of sp³-hybridized carbons (Fsp3) is 0.250. The van der Waals surface area contributed by atoms with Gasteiger partial charge in [-0.3, -0.25) is 4.79 Å². The summed E-state index contributed by atoms with van der Waals surface area (Å²) in [6.45, 7) is 0. The van der Waals surface area contributed by atoms with Crippen molar-refractivity contribution in [3.8, 4) is 0 Å². The highest BCUT2D eigenvalue weighted by atomic mass is 19.3. The topological polar surface area (TPSA) is 36.1 Å². The number of H-pyrrole nitrogens is 1. The van der Waals surface area contributed by atoms with E-state index in [1.165, 1.54) is 0 Å². The Kier molecular flexibility index (Phi) is 2.83. The zero-order valence-corrected chi connectivity index (χ0v) is 9.50. The van der Waals surface area contributed by atoms with Gasteiger partial charge in [-0.15, -0.1) is 0 Å². The van der Waals surface area contributed by atoms with E-state index in [1.807, 2.05) is 19.0 Å². The predicted octanol–water partition coefficient (Wildman–Crippen LogP) is 2.53. The first-order valence-electron chi connectivity index (χ1n) is 5.11. The molecule has 2 rings (SSSR count). The average Bonchev–Trinajstić information content (AvgIpc) is 2.28. The molecule has 0 saturated carbocycles. The minimum Gasteiger partial charge on any atom is -0.378 e. The van der Waals surface area contributed by atoms with E-state index in [0.717, 1.165) is 11.8 Å². The molecule has 0 aliphatic rings. The van der Waals surface area contributed by atoms with Crippen LogP contribution in [0, 0.1) is 0 Å². The number of aromatic amines is 1. The van der Waals surface area contributed by atoms with Crippen molar-refractivity contribution in [1.29, 1.82) is 0 Å². The molecule has 2 aromatic rings. The lowest BCUT2D eigenvalue weighted by atomic mass is 10.1. The molecule has 0 fully saturated rings. The Morgan fingerprint density at radius 2 is 1.94 bits per heavy atom. The number of benzene rings is 1. The van der Waals surface area contributed by atoms with Gasteiger partial charge in [-0.25, -0.2) is 8.78 Å². The van der Waals surface area contributed by atoms with Crippen molar-refractivity contribution in [2.75, 3.05) is 19.0 Å². The van der Waals surface area contributed by atoms with E-state index in [4.69, 9.17) is 0 Å². The smallest absolute Gasteiger partial charge is 0.278 e. The maximum atomic E-state index is 12.5. The zero-order chi connectivity index (χ0) is 12.6. The van der Waals surface area contributed by atoms with Crippen molar-refractivity contribution >= 4 is 16.6 Å². The van der Waals surface area contributed by atoms with Crippen LogP contribution in [0.4, 0.5) is 14.5 Å². The van der Waals surface area contributed by atoms with Crippen molar-refractivity contribution in [1.82, 2.24) is 4.98 Å². The molecule has 1 heterocycles. The Morgan fingerprint density at radius 3 is 2.53 bits per heavy atom. The highest BCUT2D eigenvalue weighted by molar-refractivity contribution is 5.82. The van der Waals surface area contributed by atoms with Crippen LogP contribution in [0.25, 0.3) is 10.9 Å². The number of rotatable bonds is 2. The quantitative estimate of drug-likeness (QED) is 0.872. The Hall–Kier alpha value is -1.91. The molecule has 17 heavy (non-hydrogen) atoms. The molecular weight excluding hydrogens is 226 g/mol. The number of anilines is 1. The Bertz CT molecular complexity index is 605. The Morgan fingerprint density at radius 1 is 1.24 bits per heavy atom. The van der Waals surface area contributed by atoms with Gasteiger partial charge in [0.05, 0.1) is 5.69 Å². The molecule has 0 aliphatic heterocycles. The minimum absolute atomic E-state index is 0.347. The number of hydrogen-bond donors (Lipinski definition) is 1. The summed E-state index contributed by atoms with van der Waals surface area (Å²) in [6.07, 6.45) is -2.67. The molecule has 0 saturated heterocycles. The maximum absolute atomic E-state index is 12.5. The summed E-state index contributed by atoms with van der Waals surface area (Å²) in [5, 5.41) is 0.417. The summed E-state index contributed by atoms with van der Waals surface area (Å²) >= 11 is 0. The summed E-state index contributed by atoms with van der Waals surface area (Å²) in [7, 11) is 3.70. The second kappa shape index (κ2) is 4.16. The van der Waals surface area contributed by atoms with E-state index in [2.05, 4.69) is 4.98 Å². The van der Waals surface area contributed by atoms with Gasteiger partial charge >= 0.3 is 0 Å². The van der Waals surface area contributed by atoms with Crippen LogP contribution in [-0.2, 0) is 0 Å². The van der Waals surface area contributed by atoms with Crippen LogP contribution in [0.15, 0.2) is 29.1 Å². The van der Waals surface area contributed by atoms with Crippen LogP contribution in [-0.4, -0.2) is 19.1 Å². The molecule has 0 radical (unpaired) electrons. The van der Waals surface area contributed by atoms with Crippen LogP contribution in [0.1, 0.15) is 12.1 Å². The van der Waals surface area contributed by atoms with Crippen molar-refractivity contribution in [3.63, 3.8) is 0 Å².